The SMILES string of the molecule is CCCCC(CCC)NS(=O)(=O)c1cc(N)ccc1Br. The van der Waals surface area contributed by atoms with Crippen molar-refractivity contribution in [3.05, 3.63) is 22.7 Å². The van der Waals surface area contributed by atoms with E-state index in [1.807, 2.05) is 0 Å². The number of hydrogen-bond donors (Lipinski definition) is 2. The maximum absolute atomic E-state index is 12.5. The van der Waals surface area contributed by atoms with Crippen LogP contribution in [0.1, 0.15) is 46.0 Å². The number of rotatable bonds is 8. The molecule has 3 N–H and O–H groups in total. The van der Waals surface area contributed by atoms with Gasteiger partial charge in [-0.1, -0.05) is 33.1 Å². The van der Waals surface area contributed by atoms with Crippen molar-refractivity contribution in [2.75, 3.05) is 5.73 Å². The largest absolute Gasteiger partial charge is 0.399 e. The Morgan fingerprint density at radius 2 is 1.95 bits per heavy atom. The average Bonchev–Trinajstić information content (AvgIpc) is 2.38. The summed E-state index contributed by atoms with van der Waals surface area (Å²) in [5, 5.41) is 0. The second-order valence-corrected chi connectivity index (χ2v) is 7.48. The van der Waals surface area contributed by atoms with Crippen LogP contribution in [-0.4, -0.2) is 14.5 Å². The summed E-state index contributed by atoms with van der Waals surface area (Å²) in [6.07, 6.45) is 4.74. The van der Waals surface area contributed by atoms with Gasteiger partial charge in [0.05, 0.1) is 4.90 Å². The third-order valence-electron chi connectivity index (χ3n) is 3.11. The number of sulfonamides is 1. The van der Waals surface area contributed by atoms with E-state index >= 15 is 0 Å². The molecule has 0 saturated heterocycles. The van der Waals surface area contributed by atoms with Crippen LogP contribution >= 0.6 is 15.9 Å². The first kappa shape index (κ1) is 17.5. The number of nitrogens with one attached hydrogen (secondary N) is 1. The molecule has 4 nitrogen and oxygen atoms in total. The lowest BCUT2D eigenvalue weighted by Gasteiger charge is -2.18. The summed E-state index contributed by atoms with van der Waals surface area (Å²) >= 11 is 3.27. The van der Waals surface area contributed by atoms with Crippen molar-refractivity contribution < 1.29 is 8.42 Å². The Morgan fingerprint density at radius 3 is 2.55 bits per heavy atom. The van der Waals surface area contributed by atoms with Crippen molar-refractivity contribution in [1.29, 1.82) is 0 Å². The van der Waals surface area contributed by atoms with Gasteiger partial charge in [-0.3, -0.25) is 0 Å². The molecule has 20 heavy (non-hydrogen) atoms. The highest BCUT2D eigenvalue weighted by atomic mass is 79.9. The van der Waals surface area contributed by atoms with Crippen LogP contribution in [0, 0.1) is 0 Å². The second kappa shape index (κ2) is 8.00. The normalized spacial score (nSPS) is 13.3. The van der Waals surface area contributed by atoms with E-state index in [0.717, 1.165) is 32.1 Å². The molecular weight excluding hydrogens is 340 g/mol. The Hall–Kier alpha value is -0.590. The smallest absolute Gasteiger partial charge is 0.242 e. The molecule has 1 aromatic rings. The summed E-state index contributed by atoms with van der Waals surface area (Å²) in [5.74, 6) is 0. The minimum Gasteiger partial charge on any atom is -0.399 e. The Bertz CT molecular complexity index is 532. The van der Waals surface area contributed by atoms with Crippen LogP contribution in [0.2, 0.25) is 0 Å². The fourth-order valence-corrected chi connectivity index (χ4v) is 4.37. The second-order valence-electron chi connectivity index (χ2n) is 4.94. The molecule has 0 fully saturated rings. The van der Waals surface area contributed by atoms with Gasteiger partial charge in [-0.05, 0) is 47.0 Å². The van der Waals surface area contributed by atoms with Crippen molar-refractivity contribution in [3.8, 4) is 0 Å². The molecule has 1 aromatic carbocycles. The molecule has 1 atom stereocenters. The lowest BCUT2D eigenvalue weighted by molar-refractivity contribution is 0.483. The highest BCUT2D eigenvalue weighted by Gasteiger charge is 2.21. The van der Waals surface area contributed by atoms with Gasteiger partial charge in [0.15, 0.2) is 0 Å². The van der Waals surface area contributed by atoms with Gasteiger partial charge in [-0.15, -0.1) is 0 Å². The molecule has 0 spiro atoms. The van der Waals surface area contributed by atoms with Gasteiger partial charge >= 0.3 is 0 Å². The number of nitrogens with two attached hydrogens (primary N) is 1. The van der Waals surface area contributed by atoms with Gasteiger partial charge in [-0.25, -0.2) is 13.1 Å². The maximum atomic E-state index is 12.5. The minimum absolute atomic E-state index is 0.0155. The maximum Gasteiger partial charge on any atom is 0.242 e. The van der Waals surface area contributed by atoms with Crippen LogP contribution in [0.4, 0.5) is 5.69 Å². The molecule has 0 aliphatic heterocycles. The van der Waals surface area contributed by atoms with Crippen molar-refractivity contribution in [2.45, 2.75) is 56.9 Å². The van der Waals surface area contributed by atoms with E-state index in [-0.39, 0.29) is 10.9 Å². The van der Waals surface area contributed by atoms with Crippen LogP contribution in [0.25, 0.3) is 0 Å². The van der Waals surface area contributed by atoms with Crippen molar-refractivity contribution in [1.82, 2.24) is 4.72 Å². The highest BCUT2D eigenvalue weighted by molar-refractivity contribution is 9.10. The summed E-state index contributed by atoms with van der Waals surface area (Å²) < 4.78 is 28.2. The average molecular weight is 363 g/mol. The van der Waals surface area contributed by atoms with Crippen LogP contribution in [0.3, 0.4) is 0 Å². The van der Waals surface area contributed by atoms with E-state index in [2.05, 4.69) is 34.5 Å². The molecule has 0 aliphatic rings. The lowest BCUT2D eigenvalue weighted by Crippen LogP contribution is -2.35. The third kappa shape index (κ3) is 5.07. The molecule has 0 bridgehead atoms. The molecule has 0 radical (unpaired) electrons. The quantitative estimate of drug-likeness (QED) is 0.692. The number of halogens is 1. The molecule has 6 heteroatoms. The van der Waals surface area contributed by atoms with E-state index in [0.29, 0.717) is 10.2 Å². The number of benzene rings is 1. The lowest BCUT2D eigenvalue weighted by atomic mass is 10.1. The summed E-state index contributed by atoms with van der Waals surface area (Å²) in [7, 11) is -3.54. The highest BCUT2D eigenvalue weighted by Crippen LogP contribution is 2.25. The number of nitrogen functional groups attached to an aromatic ring is 1. The van der Waals surface area contributed by atoms with Crippen LogP contribution in [0.5, 0.6) is 0 Å². The molecule has 1 rings (SSSR count). The minimum atomic E-state index is -3.54. The van der Waals surface area contributed by atoms with E-state index in [1.165, 1.54) is 6.07 Å². The van der Waals surface area contributed by atoms with Crippen LogP contribution in [-0.2, 0) is 10.0 Å². The summed E-state index contributed by atoms with van der Waals surface area (Å²) in [4.78, 5) is 0.204. The van der Waals surface area contributed by atoms with Crippen molar-refractivity contribution in [2.24, 2.45) is 0 Å². The van der Waals surface area contributed by atoms with Crippen molar-refractivity contribution in [3.63, 3.8) is 0 Å². The standard InChI is InChI=1S/C14H23BrN2O2S/c1-3-5-7-12(6-4-2)17-20(18,19)14-10-11(16)8-9-13(14)15/h8-10,12,17H,3-7,16H2,1-2H3. The van der Waals surface area contributed by atoms with E-state index < -0.39 is 10.0 Å². The number of hydrogen-bond acceptors (Lipinski definition) is 3. The molecule has 0 aromatic heterocycles. The first-order valence-corrected chi connectivity index (χ1v) is 9.25. The van der Waals surface area contributed by atoms with Gasteiger partial charge in [0.25, 0.3) is 0 Å². The van der Waals surface area contributed by atoms with Gasteiger partial charge in [0, 0.05) is 16.2 Å². The molecule has 114 valence electrons. The fraction of sp³-hybridized carbons (Fsp3) is 0.571. The van der Waals surface area contributed by atoms with Gasteiger partial charge in [0.1, 0.15) is 0 Å². The van der Waals surface area contributed by atoms with Crippen molar-refractivity contribution >= 4 is 31.6 Å². The summed E-state index contributed by atoms with van der Waals surface area (Å²) in [6.45, 7) is 4.16. The third-order valence-corrected chi connectivity index (χ3v) is 5.62. The molecule has 0 saturated carbocycles. The van der Waals surface area contributed by atoms with E-state index in [9.17, 15) is 8.42 Å². The summed E-state index contributed by atoms with van der Waals surface area (Å²) in [6, 6.07) is 4.79. The zero-order valence-electron chi connectivity index (χ0n) is 12.0. The predicted octanol–water partition coefficient (Wildman–Crippen LogP) is 3.67. The number of unbranched alkanes of at least 4 members (excludes halogenated alkanes) is 1. The van der Waals surface area contributed by atoms with Crippen LogP contribution in [0.15, 0.2) is 27.6 Å². The Kier molecular flexibility index (Phi) is 6.99. The molecular formula is C14H23BrN2O2S. The molecule has 0 aliphatic carbocycles. The molecule has 1 unspecified atom stereocenters. The van der Waals surface area contributed by atoms with Gasteiger partial charge < -0.3 is 5.73 Å². The zero-order chi connectivity index (χ0) is 15.2. The monoisotopic (exact) mass is 362 g/mol. The first-order chi connectivity index (χ1) is 9.40. The molecule has 0 heterocycles. The Morgan fingerprint density at radius 1 is 1.25 bits per heavy atom. The fourth-order valence-electron chi connectivity index (χ4n) is 2.07. The Labute approximate surface area is 130 Å². The molecule has 0 amide bonds. The van der Waals surface area contributed by atoms with E-state index in [1.54, 1.807) is 12.1 Å². The predicted molar refractivity (Wildman–Crippen MR) is 87.1 cm³/mol. The summed E-state index contributed by atoms with van der Waals surface area (Å²) in [5.41, 5.74) is 6.12. The van der Waals surface area contributed by atoms with E-state index in [4.69, 9.17) is 5.73 Å². The van der Waals surface area contributed by atoms with Gasteiger partial charge in [-0.2, -0.15) is 0 Å². The zero-order valence-corrected chi connectivity index (χ0v) is 14.4. The van der Waals surface area contributed by atoms with Gasteiger partial charge in [0.2, 0.25) is 10.0 Å². The Balaban J connectivity index is 2.93. The number of anilines is 1. The van der Waals surface area contributed by atoms with Crippen LogP contribution < -0.4 is 10.5 Å². The topological polar surface area (TPSA) is 72.2 Å². The first-order valence-electron chi connectivity index (χ1n) is 6.98.